The maximum atomic E-state index is 9.57. The first kappa shape index (κ1) is 14.4. The number of hydrogen-bond acceptors (Lipinski definition) is 4. The molecule has 0 aliphatic rings. The lowest BCUT2D eigenvalue weighted by Gasteiger charge is -2.13. The van der Waals surface area contributed by atoms with Gasteiger partial charge in [-0.05, 0) is 30.2 Å². The van der Waals surface area contributed by atoms with Crippen molar-refractivity contribution < 1.29 is 5.11 Å². The van der Waals surface area contributed by atoms with Gasteiger partial charge in [0.2, 0.25) is 0 Å². The molecular weight excluding hydrogens is 276 g/mol. The molecule has 0 radical (unpaired) electrons. The van der Waals surface area contributed by atoms with Crippen molar-refractivity contribution in [3.63, 3.8) is 0 Å². The lowest BCUT2D eigenvalue weighted by atomic mass is 10.1. The zero-order valence-electron chi connectivity index (χ0n) is 12.5. The van der Waals surface area contributed by atoms with Crippen molar-refractivity contribution in [2.24, 2.45) is 0 Å². The smallest absolute Gasteiger partial charge is 0.157 e. The number of nitrogens with zero attached hydrogens (tertiary/aromatic N) is 3. The molecule has 5 nitrogen and oxygen atoms in total. The van der Waals surface area contributed by atoms with Gasteiger partial charge in [0.25, 0.3) is 0 Å². The van der Waals surface area contributed by atoms with Crippen LogP contribution in [-0.2, 0) is 6.42 Å². The van der Waals surface area contributed by atoms with Crippen LogP contribution in [0, 0.1) is 11.3 Å². The SMILES string of the molecule is CCCc1cc(NCCO)n2c(nc3ccccc32)c1C#N. The molecule has 0 saturated heterocycles. The topological polar surface area (TPSA) is 73.3 Å². The molecule has 0 unspecified atom stereocenters. The normalized spacial score (nSPS) is 11.0. The van der Waals surface area contributed by atoms with Crippen LogP contribution in [0.3, 0.4) is 0 Å². The van der Waals surface area contributed by atoms with Crippen LogP contribution in [-0.4, -0.2) is 27.6 Å². The number of aliphatic hydroxyl groups is 1. The summed E-state index contributed by atoms with van der Waals surface area (Å²) < 4.78 is 1.96. The molecule has 3 aromatic rings. The first-order valence-corrected chi connectivity index (χ1v) is 7.48. The number of nitrogens with one attached hydrogen (secondary N) is 1. The van der Waals surface area contributed by atoms with Gasteiger partial charge in [0, 0.05) is 6.54 Å². The zero-order valence-corrected chi connectivity index (χ0v) is 12.5. The van der Waals surface area contributed by atoms with Crippen LogP contribution in [0.15, 0.2) is 30.3 Å². The molecule has 0 spiro atoms. The Morgan fingerprint density at radius 2 is 2.18 bits per heavy atom. The summed E-state index contributed by atoms with van der Waals surface area (Å²) in [5, 5.41) is 21.9. The highest BCUT2D eigenvalue weighted by Crippen LogP contribution is 2.27. The molecule has 0 aliphatic heterocycles. The van der Waals surface area contributed by atoms with Crippen LogP contribution in [0.5, 0.6) is 0 Å². The van der Waals surface area contributed by atoms with Gasteiger partial charge in [-0.2, -0.15) is 5.26 Å². The number of aryl methyl sites for hydroxylation is 1. The van der Waals surface area contributed by atoms with Crippen molar-refractivity contribution in [2.75, 3.05) is 18.5 Å². The third-order valence-corrected chi connectivity index (χ3v) is 3.71. The van der Waals surface area contributed by atoms with Crippen LogP contribution in [0.4, 0.5) is 5.82 Å². The summed E-state index contributed by atoms with van der Waals surface area (Å²) in [6.07, 6.45) is 1.79. The minimum absolute atomic E-state index is 0.0528. The van der Waals surface area contributed by atoms with E-state index >= 15 is 0 Å². The Bertz CT molecular complexity index is 860. The molecule has 3 rings (SSSR count). The standard InChI is InChI=1S/C17H18N4O/c1-2-5-12-10-16(19-8-9-22)21-15-7-4-3-6-14(15)20-17(21)13(12)11-18/h3-4,6-7,10,19,22H,2,5,8-9H2,1H3. The van der Waals surface area contributed by atoms with E-state index in [1.165, 1.54) is 0 Å². The minimum Gasteiger partial charge on any atom is -0.395 e. The second-order valence-electron chi connectivity index (χ2n) is 5.20. The highest BCUT2D eigenvalue weighted by atomic mass is 16.3. The molecule has 0 saturated carbocycles. The highest BCUT2D eigenvalue weighted by Gasteiger charge is 2.16. The summed E-state index contributed by atoms with van der Waals surface area (Å²) in [5.74, 6) is 0.861. The predicted molar refractivity (Wildman–Crippen MR) is 87.0 cm³/mol. The fourth-order valence-corrected chi connectivity index (χ4v) is 2.79. The number of rotatable bonds is 5. The molecule has 2 heterocycles. The number of hydrogen-bond donors (Lipinski definition) is 2. The molecule has 1 aromatic carbocycles. The Balaban J connectivity index is 2.37. The molecule has 112 valence electrons. The lowest BCUT2D eigenvalue weighted by Crippen LogP contribution is -2.10. The summed E-state index contributed by atoms with van der Waals surface area (Å²) in [5.41, 5.74) is 4.12. The number of pyridine rings is 1. The number of aromatic nitrogens is 2. The van der Waals surface area contributed by atoms with Gasteiger partial charge in [-0.25, -0.2) is 4.98 Å². The largest absolute Gasteiger partial charge is 0.395 e. The first-order chi connectivity index (χ1) is 10.8. The van der Waals surface area contributed by atoms with Crippen molar-refractivity contribution in [3.8, 4) is 6.07 Å². The Hall–Kier alpha value is -2.58. The van der Waals surface area contributed by atoms with Crippen molar-refractivity contribution in [3.05, 3.63) is 41.5 Å². The molecule has 2 aromatic heterocycles. The third kappa shape index (κ3) is 2.28. The second kappa shape index (κ2) is 6.04. The number of nitriles is 1. The molecule has 0 fully saturated rings. The Kier molecular flexibility index (Phi) is 3.94. The summed E-state index contributed by atoms with van der Waals surface area (Å²) in [7, 11) is 0. The van der Waals surface area contributed by atoms with Gasteiger partial charge in [0.05, 0.1) is 23.2 Å². The van der Waals surface area contributed by atoms with E-state index < -0.39 is 0 Å². The Labute approximate surface area is 128 Å². The van der Waals surface area contributed by atoms with Crippen LogP contribution in [0.25, 0.3) is 16.7 Å². The maximum Gasteiger partial charge on any atom is 0.157 e. The van der Waals surface area contributed by atoms with Gasteiger partial charge < -0.3 is 10.4 Å². The Morgan fingerprint density at radius 3 is 2.91 bits per heavy atom. The number of fused-ring (bicyclic) bond motifs is 3. The zero-order chi connectivity index (χ0) is 15.5. The number of benzene rings is 1. The molecular formula is C17H18N4O. The quantitative estimate of drug-likeness (QED) is 0.759. The second-order valence-corrected chi connectivity index (χ2v) is 5.20. The van der Waals surface area contributed by atoms with Crippen LogP contribution in [0.2, 0.25) is 0 Å². The van der Waals surface area contributed by atoms with E-state index in [1.807, 2.05) is 34.7 Å². The van der Waals surface area contributed by atoms with E-state index in [4.69, 9.17) is 5.11 Å². The van der Waals surface area contributed by atoms with E-state index in [2.05, 4.69) is 23.3 Å². The van der Waals surface area contributed by atoms with Gasteiger partial charge in [0.1, 0.15) is 11.9 Å². The van der Waals surface area contributed by atoms with E-state index in [0.29, 0.717) is 17.8 Å². The van der Waals surface area contributed by atoms with Gasteiger partial charge in [0.15, 0.2) is 5.65 Å². The fraction of sp³-hybridized carbons (Fsp3) is 0.294. The van der Waals surface area contributed by atoms with Crippen LogP contribution < -0.4 is 5.32 Å². The fourth-order valence-electron chi connectivity index (χ4n) is 2.79. The van der Waals surface area contributed by atoms with Crippen molar-refractivity contribution >= 4 is 22.5 Å². The van der Waals surface area contributed by atoms with Gasteiger partial charge in [-0.1, -0.05) is 25.5 Å². The average Bonchev–Trinajstić information content (AvgIpc) is 2.92. The summed E-state index contributed by atoms with van der Waals surface area (Å²) >= 11 is 0. The molecule has 0 atom stereocenters. The van der Waals surface area contributed by atoms with E-state index in [0.717, 1.165) is 35.3 Å². The first-order valence-electron chi connectivity index (χ1n) is 7.48. The average molecular weight is 294 g/mol. The highest BCUT2D eigenvalue weighted by molar-refractivity contribution is 5.85. The van der Waals surface area contributed by atoms with Gasteiger partial charge in [-0.15, -0.1) is 0 Å². The maximum absolute atomic E-state index is 9.57. The molecule has 22 heavy (non-hydrogen) atoms. The number of imidazole rings is 1. The Morgan fingerprint density at radius 1 is 1.36 bits per heavy atom. The summed E-state index contributed by atoms with van der Waals surface area (Å²) in [6.45, 7) is 2.60. The predicted octanol–water partition coefficient (Wildman–Crippen LogP) is 2.72. The number of anilines is 1. The minimum atomic E-state index is 0.0528. The molecule has 0 aliphatic carbocycles. The van der Waals surface area contributed by atoms with E-state index in [-0.39, 0.29) is 6.61 Å². The van der Waals surface area contributed by atoms with Crippen LogP contribution >= 0.6 is 0 Å². The summed E-state index contributed by atoms with van der Waals surface area (Å²) in [4.78, 5) is 4.64. The van der Waals surface area contributed by atoms with E-state index in [1.54, 1.807) is 0 Å². The molecule has 5 heteroatoms. The van der Waals surface area contributed by atoms with Crippen LogP contribution in [0.1, 0.15) is 24.5 Å². The van der Waals surface area contributed by atoms with Gasteiger partial charge in [-0.3, -0.25) is 4.40 Å². The lowest BCUT2D eigenvalue weighted by molar-refractivity contribution is 0.311. The van der Waals surface area contributed by atoms with E-state index in [9.17, 15) is 5.26 Å². The van der Waals surface area contributed by atoms with Crippen molar-refractivity contribution in [1.82, 2.24) is 9.38 Å². The molecule has 0 bridgehead atoms. The van der Waals surface area contributed by atoms with Crippen molar-refractivity contribution in [1.29, 1.82) is 5.26 Å². The number of aliphatic hydroxyl groups excluding tert-OH is 1. The third-order valence-electron chi connectivity index (χ3n) is 3.71. The molecule has 2 N–H and O–H groups in total. The summed E-state index contributed by atoms with van der Waals surface area (Å²) in [6, 6.07) is 12.1. The van der Waals surface area contributed by atoms with Crippen molar-refractivity contribution in [2.45, 2.75) is 19.8 Å². The molecule has 0 amide bonds. The number of para-hydroxylation sites is 2. The van der Waals surface area contributed by atoms with Gasteiger partial charge >= 0.3 is 0 Å². The monoisotopic (exact) mass is 294 g/mol.